The predicted molar refractivity (Wildman–Crippen MR) is 76.9 cm³/mol. The third kappa shape index (κ3) is 3.16. The fraction of sp³-hybridized carbons (Fsp3) is 0.308. The molecule has 0 unspecified atom stereocenters. The molecular formula is C13H13Cl2NOS. The molecule has 0 saturated carbocycles. The van der Waals surface area contributed by atoms with E-state index in [1.165, 1.54) is 0 Å². The van der Waals surface area contributed by atoms with Crippen LogP contribution in [0.5, 0.6) is 5.75 Å². The maximum Gasteiger partial charge on any atom is 0.140 e. The van der Waals surface area contributed by atoms with Crippen LogP contribution in [-0.2, 0) is 12.5 Å². The van der Waals surface area contributed by atoms with Gasteiger partial charge in [0.1, 0.15) is 17.4 Å². The van der Waals surface area contributed by atoms with E-state index in [4.69, 9.17) is 27.9 Å². The normalized spacial score (nSPS) is 10.7. The Kier molecular flexibility index (Phi) is 4.49. The molecule has 0 aliphatic rings. The van der Waals surface area contributed by atoms with Crippen molar-refractivity contribution in [2.45, 2.75) is 26.3 Å². The third-order valence-electron chi connectivity index (χ3n) is 2.50. The van der Waals surface area contributed by atoms with Crippen molar-refractivity contribution in [3.63, 3.8) is 0 Å². The molecule has 1 aromatic carbocycles. The first-order valence-corrected chi connectivity index (χ1v) is 7.28. The molecule has 0 spiro atoms. The largest absolute Gasteiger partial charge is 0.486 e. The number of ether oxygens (including phenoxy) is 1. The van der Waals surface area contributed by atoms with Crippen molar-refractivity contribution in [3.8, 4) is 5.75 Å². The molecular weight excluding hydrogens is 289 g/mol. The zero-order valence-electron chi connectivity index (χ0n) is 10.2. The second-order valence-electron chi connectivity index (χ2n) is 4.02. The topological polar surface area (TPSA) is 22.1 Å². The highest BCUT2D eigenvalue weighted by molar-refractivity contribution is 7.09. The zero-order chi connectivity index (χ0) is 13.1. The van der Waals surface area contributed by atoms with E-state index in [2.05, 4.69) is 4.98 Å². The molecule has 2 aromatic rings. The first-order valence-electron chi connectivity index (χ1n) is 5.49. The fourth-order valence-electron chi connectivity index (χ4n) is 1.74. The van der Waals surface area contributed by atoms with Gasteiger partial charge < -0.3 is 4.74 Å². The minimum absolute atomic E-state index is 0.440. The minimum atomic E-state index is 0.440. The number of aryl methyl sites for hydroxylation is 2. The summed E-state index contributed by atoms with van der Waals surface area (Å²) in [5, 5.41) is 3.61. The average molecular weight is 302 g/mol. The Balaban J connectivity index is 2.10. The Hall–Kier alpha value is -0.770. The van der Waals surface area contributed by atoms with Crippen LogP contribution in [-0.4, -0.2) is 4.98 Å². The van der Waals surface area contributed by atoms with Crippen molar-refractivity contribution in [3.05, 3.63) is 44.4 Å². The standard InChI is InChI=1S/C13H13Cl2NOS/c1-8-3-10(15)4-9(2)13(8)17-6-12-16-11(5-14)7-18-12/h3-4,7H,5-6H2,1-2H3. The van der Waals surface area contributed by atoms with E-state index in [9.17, 15) is 0 Å². The summed E-state index contributed by atoms with van der Waals surface area (Å²) in [6.45, 7) is 4.44. The van der Waals surface area contributed by atoms with E-state index in [0.29, 0.717) is 12.5 Å². The number of halogens is 2. The van der Waals surface area contributed by atoms with Crippen molar-refractivity contribution < 1.29 is 4.74 Å². The highest BCUT2D eigenvalue weighted by atomic mass is 35.5. The van der Waals surface area contributed by atoms with E-state index in [-0.39, 0.29) is 0 Å². The Morgan fingerprint density at radius 1 is 1.28 bits per heavy atom. The number of hydrogen-bond donors (Lipinski definition) is 0. The molecule has 0 aliphatic heterocycles. The Morgan fingerprint density at radius 3 is 2.50 bits per heavy atom. The van der Waals surface area contributed by atoms with Gasteiger partial charge in [0.25, 0.3) is 0 Å². The lowest BCUT2D eigenvalue weighted by Gasteiger charge is -2.11. The fourth-order valence-corrected chi connectivity index (χ4v) is 3.00. The predicted octanol–water partition coefficient (Wildman–Crippen LogP) is 4.73. The summed E-state index contributed by atoms with van der Waals surface area (Å²) in [7, 11) is 0. The van der Waals surface area contributed by atoms with Crippen LogP contribution in [0.25, 0.3) is 0 Å². The quantitative estimate of drug-likeness (QED) is 0.762. The lowest BCUT2D eigenvalue weighted by atomic mass is 10.1. The van der Waals surface area contributed by atoms with Gasteiger partial charge in [-0.05, 0) is 37.1 Å². The van der Waals surface area contributed by atoms with Crippen LogP contribution in [0.4, 0.5) is 0 Å². The number of nitrogens with zero attached hydrogens (tertiary/aromatic N) is 1. The second-order valence-corrected chi connectivity index (χ2v) is 5.67. The van der Waals surface area contributed by atoms with Gasteiger partial charge in [0, 0.05) is 10.4 Å². The Labute approximate surface area is 121 Å². The molecule has 2 rings (SSSR count). The number of thiazole rings is 1. The van der Waals surface area contributed by atoms with Gasteiger partial charge in [-0.15, -0.1) is 22.9 Å². The molecule has 0 aliphatic carbocycles. The third-order valence-corrected chi connectivity index (χ3v) is 3.86. The molecule has 0 fully saturated rings. The first kappa shape index (κ1) is 13.7. The molecule has 2 nitrogen and oxygen atoms in total. The lowest BCUT2D eigenvalue weighted by molar-refractivity contribution is 0.301. The monoisotopic (exact) mass is 301 g/mol. The van der Waals surface area contributed by atoms with Gasteiger partial charge >= 0.3 is 0 Å². The van der Waals surface area contributed by atoms with Gasteiger partial charge in [-0.3, -0.25) is 0 Å². The van der Waals surface area contributed by atoms with Crippen LogP contribution in [0.1, 0.15) is 21.8 Å². The first-order chi connectivity index (χ1) is 8.60. The molecule has 1 aromatic heterocycles. The van der Waals surface area contributed by atoms with Crippen molar-refractivity contribution in [2.24, 2.45) is 0 Å². The van der Waals surface area contributed by atoms with Crippen LogP contribution in [0, 0.1) is 13.8 Å². The van der Waals surface area contributed by atoms with Gasteiger partial charge in [0.2, 0.25) is 0 Å². The van der Waals surface area contributed by atoms with E-state index in [0.717, 1.165) is 32.6 Å². The minimum Gasteiger partial charge on any atom is -0.486 e. The second kappa shape index (κ2) is 5.91. The molecule has 0 radical (unpaired) electrons. The molecule has 96 valence electrons. The van der Waals surface area contributed by atoms with E-state index in [1.807, 2.05) is 31.4 Å². The smallest absolute Gasteiger partial charge is 0.140 e. The SMILES string of the molecule is Cc1cc(Cl)cc(C)c1OCc1nc(CCl)cs1. The molecule has 0 bridgehead atoms. The van der Waals surface area contributed by atoms with Crippen LogP contribution in [0.3, 0.4) is 0 Å². The summed E-state index contributed by atoms with van der Waals surface area (Å²) in [6.07, 6.45) is 0. The Bertz CT molecular complexity index is 531. The van der Waals surface area contributed by atoms with E-state index < -0.39 is 0 Å². The number of alkyl halides is 1. The van der Waals surface area contributed by atoms with Crippen molar-refractivity contribution in [2.75, 3.05) is 0 Å². The van der Waals surface area contributed by atoms with Crippen LogP contribution in [0.2, 0.25) is 5.02 Å². The summed E-state index contributed by atoms with van der Waals surface area (Å²) in [5.41, 5.74) is 2.97. The lowest BCUT2D eigenvalue weighted by Crippen LogP contribution is -1.99. The molecule has 0 amide bonds. The Morgan fingerprint density at radius 2 is 1.94 bits per heavy atom. The highest BCUT2D eigenvalue weighted by Gasteiger charge is 2.08. The zero-order valence-corrected chi connectivity index (χ0v) is 12.5. The van der Waals surface area contributed by atoms with E-state index >= 15 is 0 Å². The maximum atomic E-state index is 5.98. The summed E-state index contributed by atoms with van der Waals surface area (Å²) < 4.78 is 5.81. The molecule has 0 atom stereocenters. The molecule has 1 heterocycles. The van der Waals surface area contributed by atoms with Crippen LogP contribution >= 0.6 is 34.5 Å². The van der Waals surface area contributed by atoms with Crippen molar-refractivity contribution in [1.82, 2.24) is 4.98 Å². The van der Waals surface area contributed by atoms with Crippen molar-refractivity contribution in [1.29, 1.82) is 0 Å². The number of aromatic nitrogens is 1. The van der Waals surface area contributed by atoms with Gasteiger partial charge in [-0.1, -0.05) is 11.6 Å². The summed E-state index contributed by atoms with van der Waals surface area (Å²) in [6, 6.07) is 3.80. The molecule has 0 saturated heterocycles. The van der Waals surface area contributed by atoms with Crippen molar-refractivity contribution >= 4 is 34.5 Å². The van der Waals surface area contributed by atoms with Crippen LogP contribution in [0.15, 0.2) is 17.5 Å². The molecule has 18 heavy (non-hydrogen) atoms. The molecule has 5 heteroatoms. The summed E-state index contributed by atoms with van der Waals surface area (Å²) in [4.78, 5) is 4.36. The van der Waals surface area contributed by atoms with Crippen LogP contribution < -0.4 is 4.74 Å². The highest BCUT2D eigenvalue weighted by Crippen LogP contribution is 2.28. The maximum absolute atomic E-state index is 5.98. The summed E-state index contributed by atoms with van der Waals surface area (Å²) >= 11 is 13.3. The number of hydrogen-bond acceptors (Lipinski definition) is 3. The van der Waals surface area contributed by atoms with Gasteiger partial charge in [0.05, 0.1) is 11.6 Å². The van der Waals surface area contributed by atoms with Gasteiger partial charge in [-0.2, -0.15) is 0 Å². The summed E-state index contributed by atoms with van der Waals surface area (Å²) in [5.74, 6) is 1.32. The molecule has 0 N–H and O–H groups in total. The average Bonchev–Trinajstić information content (AvgIpc) is 2.75. The van der Waals surface area contributed by atoms with Gasteiger partial charge in [-0.25, -0.2) is 4.98 Å². The number of benzene rings is 1. The number of rotatable bonds is 4. The van der Waals surface area contributed by atoms with Gasteiger partial charge in [0.15, 0.2) is 0 Å². The van der Waals surface area contributed by atoms with E-state index in [1.54, 1.807) is 11.3 Å².